The number of nitrogen functional groups attached to an aromatic ring is 1. The van der Waals surface area contributed by atoms with Crippen LogP contribution in [0.5, 0.6) is 0 Å². The molecule has 1 fully saturated rings. The van der Waals surface area contributed by atoms with Gasteiger partial charge in [0.05, 0.1) is 22.5 Å². The third kappa shape index (κ3) is 3.19. The first-order chi connectivity index (χ1) is 16.4. The van der Waals surface area contributed by atoms with Crippen LogP contribution in [0.3, 0.4) is 0 Å². The van der Waals surface area contributed by atoms with Crippen molar-refractivity contribution in [2.45, 2.75) is 32.0 Å². The number of halogens is 3. The minimum absolute atomic E-state index is 0.0343. The molecule has 1 aliphatic carbocycles. The summed E-state index contributed by atoms with van der Waals surface area (Å²) in [6, 6.07) is 3.85. The molecule has 13 heteroatoms. The molecule has 0 bridgehead atoms. The zero-order valence-corrected chi connectivity index (χ0v) is 17.4. The molecule has 10 nitrogen and oxygen atoms in total. The maximum atomic E-state index is 13.8. The first-order valence-electron chi connectivity index (χ1n) is 10.4. The first kappa shape index (κ1) is 20.3. The molecule has 1 aliphatic rings. The monoisotopic (exact) mass is 467 g/mol. The highest BCUT2D eigenvalue weighted by molar-refractivity contribution is 5.98. The van der Waals surface area contributed by atoms with E-state index in [0.29, 0.717) is 32.6 Å². The van der Waals surface area contributed by atoms with Gasteiger partial charge in [0.25, 0.3) is 5.56 Å². The van der Waals surface area contributed by atoms with Crippen molar-refractivity contribution in [3.8, 4) is 11.3 Å². The first-order valence-corrected chi connectivity index (χ1v) is 10.4. The van der Waals surface area contributed by atoms with Gasteiger partial charge in [-0.25, -0.2) is 28.7 Å². The summed E-state index contributed by atoms with van der Waals surface area (Å²) in [6.45, 7) is -2.76. The lowest BCUT2D eigenvalue weighted by atomic mass is 10.2. The molecule has 0 atom stereocenters. The van der Waals surface area contributed by atoms with Crippen LogP contribution in [0.25, 0.3) is 33.2 Å². The molecule has 34 heavy (non-hydrogen) atoms. The van der Waals surface area contributed by atoms with Crippen molar-refractivity contribution >= 4 is 27.8 Å². The van der Waals surface area contributed by atoms with Gasteiger partial charge in [-0.2, -0.15) is 19.0 Å². The molecule has 2 N–H and O–H groups in total. The van der Waals surface area contributed by atoms with Crippen LogP contribution in [0, 0.1) is 5.82 Å². The van der Waals surface area contributed by atoms with Crippen LogP contribution in [0.1, 0.15) is 31.3 Å². The van der Waals surface area contributed by atoms with Crippen molar-refractivity contribution in [1.29, 1.82) is 0 Å². The van der Waals surface area contributed by atoms with Crippen molar-refractivity contribution in [3.63, 3.8) is 0 Å². The minimum Gasteiger partial charge on any atom is -0.383 e. The lowest BCUT2D eigenvalue weighted by Crippen LogP contribution is -2.26. The van der Waals surface area contributed by atoms with Gasteiger partial charge in [0.1, 0.15) is 36.0 Å². The Hall–Kier alpha value is -4.29. The van der Waals surface area contributed by atoms with Crippen LogP contribution < -0.4 is 11.3 Å². The molecular weight excluding hydrogens is 451 g/mol. The van der Waals surface area contributed by atoms with E-state index >= 15 is 0 Å². The Labute approximate surface area is 188 Å². The second-order valence-electron chi connectivity index (χ2n) is 8.05. The lowest BCUT2D eigenvalue weighted by molar-refractivity contribution is 0.0566. The SMILES string of the molecule is Nc1ncnc2c1c(-c1cnn(C(F)F)c1)nn2Cc1nc2ccc(F)cc2c(=O)n1C1CC1. The molecule has 1 saturated carbocycles. The van der Waals surface area contributed by atoms with Crippen molar-refractivity contribution in [2.24, 2.45) is 0 Å². The van der Waals surface area contributed by atoms with E-state index in [0.717, 1.165) is 19.0 Å². The molecule has 0 radical (unpaired) electrons. The molecule has 0 spiro atoms. The van der Waals surface area contributed by atoms with E-state index in [-0.39, 0.29) is 35.0 Å². The van der Waals surface area contributed by atoms with E-state index in [1.54, 1.807) is 4.57 Å². The summed E-state index contributed by atoms with van der Waals surface area (Å²) in [5.74, 6) is 0.0290. The topological polar surface area (TPSA) is 122 Å². The predicted molar refractivity (Wildman–Crippen MR) is 116 cm³/mol. The molecule has 1 aromatic carbocycles. The van der Waals surface area contributed by atoms with Gasteiger partial charge >= 0.3 is 6.55 Å². The Bertz CT molecular complexity index is 1630. The van der Waals surface area contributed by atoms with Gasteiger partial charge in [-0.1, -0.05) is 0 Å². The molecule has 6 rings (SSSR count). The molecule has 0 unspecified atom stereocenters. The second-order valence-corrected chi connectivity index (χ2v) is 8.05. The van der Waals surface area contributed by atoms with Gasteiger partial charge in [0, 0.05) is 17.8 Å². The smallest absolute Gasteiger partial charge is 0.333 e. The van der Waals surface area contributed by atoms with Crippen LogP contribution in [-0.4, -0.2) is 39.1 Å². The number of nitrogens with zero attached hydrogens (tertiary/aromatic N) is 8. The molecule has 0 saturated heterocycles. The standard InChI is InChI=1S/C21H16F3N9O/c22-11-1-4-14-13(5-11)20(34)33(12-2-3-12)15(29-14)8-31-19-16(18(25)26-9-27-19)17(30-31)10-6-28-32(7-10)21(23)24/h1,4-7,9,12,21H,2-3,8H2,(H2,25,26,27). The quantitative estimate of drug-likeness (QED) is 0.422. The van der Waals surface area contributed by atoms with Gasteiger partial charge in [-0.3, -0.25) is 9.36 Å². The van der Waals surface area contributed by atoms with E-state index in [1.165, 1.54) is 35.4 Å². The van der Waals surface area contributed by atoms with Crippen LogP contribution in [0.2, 0.25) is 0 Å². The number of benzene rings is 1. The number of nitrogens with two attached hydrogens (primary N) is 1. The number of alkyl halides is 2. The summed E-state index contributed by atoms with van der Waals surface area (Å²) in [6.07, 6.45) is 5.30. The molecule has 0 amide bonds. The van der Waals surface area contributed by atoms with Gasteiger partial charge in [-0.05, 0) is 31.0 Å². The van der Waals surface area contributed by atoms with Gasteiger partial charge in [-0.15, -0.1) is 0 Å². The van der Waals surface area contributed by atoms with Crippen molar-refractivity contribution in [1.82, 2.24) is 39.1 Å². The number of aromatic nitrogens is 8. The third-order valence-electron chi connectivity index (χ3n) is 5.77. The van der Waals surface area contributed by atoms with Gasteiger partial charge in [0.2, 0.25) is 0 Å². The van der Waals surface area contributed by atoms with Crippen LogP contribution in [-0.2, 0) is 6.54 Å². The summed E-state index contributed by atoms with van der Waals surface area (Å²) >= 11 is 0. The molecule has 5 aromatic rings. The Balaban J connectivity index is 1.53. The average Bonchev–Trinajstić information content (AvgIpc) is 3.38. The molecule has 4 aromatic heterocycles. The highest BCUT2D eigenvalue weighted by atomic mass is 19.3. The fraction of sp³-hybridized carbons (Fsp3) is 0.238. The van der Waals surface area contributed by atoms with Gasteiger partial charge < -0.3 is 5.73 Å². The molecule has 0 aliphatic heterocycles. The van der Waals surface area contributed by atoms with E-state index < -0.39 is 12.4 Å². The van der Waals surface area contributed by atoms with E-state index in [9.17, 15) is 18.0 Å². The fourth-order valence-electron chi connectivity index (χ4n) is 4.08. The molecule has 4 heterocycles. The molecule has 172 valence electrons. The predicted octanol–water partition coefficient (Wildman–Crippen LogP) is 2.90. The van der Waals surface area contributed by atoms with Crippen LogP contribution in [0.15, 0.2) is 41.7 Å². The van der Waals surface area contributed by atoms with Crippen LogP contribution in [0.4, 0.5) is 19.0 Å². The summed E-state index contributed by atoms with van der Waals surface area (Å²) in [7, 11) is 0. The van der Waals surface area contributed by atoms with Crippen molar-refractivity contribution < 1.29 is 13.2 Å². The number of rotatable bonds is 5. The third-order valence-corrected chi connectivity index (χ3v) is 5.77. The number of fused-ring (bicyclic) bond motifs is 2. The zero-order chi connectivity index (χ0) is 23.6. The summed E-state index contributed by atoms with van der Waals surface area (Å²) in [5, 5.41) is 8.80. The average molecular weight is 467 g/mol. The summed E-state index contributed by atoms with van der Waals surface area (Å²) < 4.78 is 43.5. The number of anilines is 1. The number of hydrogen-bond acceptors (Lipinski definition) is 7. The van der Waals surface area contributed by atoms with Gasteiger partial charge in [0.15, 0.2) is 5.65 Å². The fourth-order valence-corrected chi connectivity index (χ4v) is 4.08. The number of hydrogen-bond donors (Lipinski definition) is 1. The highest BCUT2D eigenvalue weighted by Crippen LogP contribution is 2.35. The Morgan fingerprint density at radius 1 is 1.21 bits per heavy atom. The molecular formula is C21H16F3N9O. The van der Waals surface area contributed by atoms with Crippen molar-refractivity contribution in [3.05, 3.63) is 58.9 Å². The Morgan fingerprint density at radius 3 is 2.76 bits per heavy atom. The summed E-state index contributed by atoms with van der Waals surface area (Å²) in [4.78, 5) is 26.1. The van der Waals surface area contributed by atoms with E-state index in [2.05, 4.69) is 25.1 Å². The Kier molecular flexibility index (Phi) is 4.40. The zero-order valence-electron chi connectivity index (χ0n) is 17.4. The van der Waals surface area contributed by atoms with Crippen molar-refractivity contribution in [2.75, 3.05) is 5.73 Å². The van der Waals surface area contributed by atoms with E-state index in [4.69, 9.17) is 5.73 Å². The lowest BCUT2D eigenvalue weighted by Gasteiger charge is -2.13. The van der Waals surface area contributed by atoms with Crippen LogP contribution >= 0.6 is 0 Å². The maximum absolute atomic E-state index is 13.8. The minimum atomic E-state index is -2.81. The van der Waals surface area contributed by atoms with E-state index in [1.807, 2.05) is 0 Å². The largest absolute Gasteiger partial charge is 0.383 e. The summed E-state index contributed by atoms with van der Waals surface area (Å²) in [5.41, 5.74) is 7.06. The second kappa shape index (κ2) is 7.37. The Morgan fingerprint density at radius 2 is 2.03 bits per heavy atom. The maximum Gasteiger partial charge on any atom is 0.333 e. The normalized spacial score (nSPS) is 14.0. The highest BCUT2D eigenvalue weighted by Gasteiger charge is 2.29.